The monoisotopic (exact) mass is 329 g/mol. The average molecular weight is 329 g/mol. The van der Waals surface area contributed by atoms with Gasteiger partial charge in [0.15, 0.2) is 5.58 Å². The first-order valence-electron chi connectivity index (χ1n) is 7.94. The van der Waals surface area contributed by atoms with Crippen molar-refractivity contribution >= 4 is 17.1 Å². The van der Waals surface area contributed by atoms with Crippen LogP contribution in [0.3, 0.4) is 0 Å². The van der Waals surface area contributed by atoms with Crippen molar-refractivity contribution in [2.75, 3.05) is 0 Å². The van der Waals surface area contributed by atoms with Crippen LogP contribution >= 0.6 is 0 Å². The highest BCUT2D eigenvalue weighted by atomic mass is 16.5. The Balaban J connectivity index is 1.63. The minimum Gasteiger partial charge on any atom is -0.436 e. The van der Waals surface area contributed by atoms with Gasteiger partial charge in [-0.2, -0.15) is 0 Å². The fraction of sp³-hybridized carbons (Fsp3) is 0.0476. The third-order valence-electron chi connectivity index (χ3n) is 3.96. The second kappa shape index (κ2) is 6.24. The number of carbonyl (C=O) groups is 1. The molecule has 0 aliphatic carbocycles. The van der Waals surface area contributed by atoms with Gasteiger partial charge in [0.25, 0.3) is 0 Å². The Kier molecular flexibility index (Phi) is 3.78. The van der Waals surface area contributed by atoms with Crippen molar-refractivity contribution in [3.05, 3.63) is 83.9 Å². The molecule has 4 nitrogen and oxygen atoms in total. The van der Waals surface area contributed by atoms with Crippen molar-refractivity contribution in [2.24, 2.45) is 0 Å². The topological polar surface area (TPSA) is 52.3 Å². The van der Waals surface area contributed by atoms with Crippen molar-refractivity contribution in [2.45, 2.75) is 6.92 Å². The zero-order chi connectivity index (χ0) is 17.2. The van der Waals surface area contributed by atoms with Gasteiger partial charge in [-0.05, 0) is 42.8 Å². The average Bonchev–Trinajstić information content (AvgIpc) is 3.06. The van der Waals surface area contributed by atoms with Gasteiger partial charge < -0.3 is 9.15 Å². The number of benzene rings is 3. The van der Waals surface area contributed by atoms with Gasteiger partial charge in [-0.15, -0.1) is 0 Å². The number of fused-ring (bicyclic) bond motifs is 1. The largest absolute Gasteiger partial charge is 0.436 e. The van der Waals surface area contributed by atoms with E-state index >= 15 is 0 Å². The summed E-state index contributed by atoms with van der Waals surface area (Å²) >= 11 is 0. The van der Waals surface area contributed by atoms with Crippen LogP contribution in [0.1, 0.15) is 15.9 Å². The van der Waals surface area contributed by atoms with Gasteiger partial charge in [-0.25, -0.2) is 9.78 Å². The molecular weight excluding hydrogens is 314 g/mol. The molecule has 122 valence electrons. The van der Waals surface area contributed by atoms with E-state index in [1.54, 1.807) is 24.3 Å². The molecule has 3 aromatic carbocycles. The molecule has 4 heteroatoms. The maximum absolute atomic E-state index is 12.3. The molecule has 0 bridgehead atoms. The third kappa shape index (κ3) is 3.02. The predicted octanol–water partition coefficient (Wildman–Crippen LogP) is 5.02. The number of nitrogens with zero attached hydrogens (tertiary/aromatic N) is 1. The van der Waals surface area contributed by atoms with Crippen LogP contribution in [0.2, 0.25) is 0 Å². The van der Waals surface area contributed by atoms with E-state index in [4.69, 9.17) is 9.15 Å². The molecule has 0 radical (unpaired) electrons. The van der Waals surface area contributed by atoms with Gasteiger partial charge in [0.05, 0.1) is 5.56 Å². The molecule has 0 amide bonds. The molecule has 0 spiro atoms. The smallest absolute Gasteiger partial charge is 0.343 e. The van der Waals surface area contributed by atoms with Crippen LogP contribution in [-0.4, -0.2) is 11.0 Å². The summed E-state index contributed by atoms with van der Waals surface area (Å²) in [6, 6.07) is 22.2. The van der Waals surface area contributed by atoms with E-state index in [2.05, 4.69) is 4.98 Å². The number of hydrogen-bond donors (Lipinski definition) is 0. The maximum Gasteiger partial charge on any atom is 0.343 e. The summed E-state index contributed by atoms with van der Waals surface area (Å²) in [6.07, 6.45) is 0. The van der Waals surface area contributed by atoms with Gasteiger partial charge in [0.1, 0.15) is 11.3 Å². The lowest BCUT2D eigenvalue weighted by atomic mass is 10.1. The van der Waals surface area contributed by atoms with Crippen LogP contribution in [0.15, 0.2) is 77.2 Å². The molecule has 0 fully saturated rings. The Labute approximate surface area is 144 Å². The minimum atomic E-state index is -0.389. The first-order chi connectivity index (χ1) is 12.2. The number of ether oxygens (including phenoxy) is 1. The molecule has 0 aliphatic heterocycles. The number of aromatic nitrogens is 1. The second-order valence-corrected chi connectivity index (χ2v) is 5.72. The zero-order valence-electron chi connectivity index (χ0n) is 13.6. The van der Waals surface area contributed by atoms with E-state index in [9.17, 15) is 4.79 Å². The Morgan fingerprint density at radius 3 is 2.52 bits per heavy atom. The molecule has 4 aromatic rings. The Bertz CT molecular complexity index is 1050. The third-order valence-corrected chi connectivity index (χ3v) is 3.96. The summed E-state index contributed by atoms with van der Waals surface area (Å²) in [5.41, 5.74) is 3.62. The molecule has 0 N–H and O–H groups in total. The van der Waals surface area contributed by atoms with Crippen molar-refractivity contribution in [3.8, 4) is 17.2 Å². The normalized spacial score (nSPS) is 10.8. The van der Waals surface area contributed by atoms with Crippen LogP contribution in [0.25, 0.3) is 22.6 Å². The number of carbonyl (C=O) groups excluding carboxylic acids is 1. The van der Waals surface area contributed by atoms with E-state index in [-0.39, 0.29) is 5.97 Å². The Morgan fingerprint density at radius 2 is 1.72 bits per heavy atom. The van der Waals surface area contributed by atoms with Gasteiger partial charge in [0.2, 0.25) is 5.89 Å². The van der Waals surface area contributed by atoms with E-state index in [0.29, 0.717) is 22.8 Å². The molecule has 0 aliphatic rings. The zero-order valence-corrected chi connectivity index (χ0v) is 13.6. The fourth-order valence-corrected chi connectivity index (χ4v) is 2.64. The number of hydrogen-bond acceptors (Lipinski definition) is 4. The first-order valence-corrected chi connectivity index (χ1v) is 7.94. The van der Waals surface area contributed by atoms with Crippen molar-refractivity contribution in [1.29, 1.82) is 0 Å². The summed E-state index contributed by atoms with van der Waals surface area (Å²) in [5.74, 6) is 0.578. The summed E-state index contributed by atoms with van der Waals surface area (Å²) < 4.78 is 11.3. The molecular formula is C21H15NO3. The lowest BCUT2D eigenvalue weighted by Crippen LogP contribution is -2.09. The van der Waals surface area contributed by atoms with Gasteiger partial charge in [0, 0.05) is 11.6 Å². The molecule has 0 unspecified atom stereocenters. The fourth-order valence-electron chi connectivity index (χ4n) is 2.64. The number of esters is 1. The number of oxazole rings is 1. The Hall–Kier alpha value is -3.40. The first kappa shape index (κ1) is 15.1. The van der Waals surface area contributed by atoms with Gasteiger partial charge in [-0.3, -0.25) is 0 Å². The molecule has 4 rings (SSSR count). The lowest BCUT2D eigenvalue weighted by Gasteiger charge is -2.06. The minimum absolute atomic E-state index is 0.389. The highest BCUT2D eigenvalue weighted by Crippen LogP contribution is 2.27. The number of rotatable bonds is 3. The highest BCUT2D eigenvalue weighted by molar-refractivity contribution is 5.93. The summed E-state index contributed by atoms with van der Waals surface area (Å²) in [5, 5.41) is 0. The molecule has 1 heterocycles. The van der Waals surface area contributed by atoms with Crippen LogP contribution in [0.4, 0.5) is 0 Å². The molecule has 0 atom stereocenters. The van der Waals surface area contributed by atoms with Crippen LogP contribution in [0.5, 0.6) is 5.75 Å². The predicted molar refractivity (Wildman–Crippen MR) is 95.6 cm³/mol. The molecule has 0 saturated heterocycles. The summed E-state index contributed by atoms with van der Waals surface area (Å²) in [7, 11) is 0. The summed E-state index contributed by atoms with van der Waals surface area (Å²) in [4.78, 5) is 16.8. The standard InChI is InChI=1S/C21H15NO3/c1-14-7-5-6-10-17(14)21(23)24-16-11-12-18-19(13-16)25-20(22-18)15-8-3-2-4-9-15/h2-13H,1H3. The second-order valence-electron chi connectivity index (χ2n) is 5.72. The van der Waals surface area contributed by atoms with E-state index < -0.39 is 0 Å². The van der Waals surface area contributed by atoms with Crippen LogP contribution < -0.4 is 4.74 Å². The molecule has 25 heavy (non-hydrogen) atoms. The Morgan fingerprint density at radius 1 is 0.960 bits per heavy atom. The van der Waals surface area contributed by atoms with E-state index in [0.717, 1.165) is 16.6 Å². The molecule has 0 saturated carbocycles. The SMILES string of the molecule is Cc1ccccc1C(=O)Oc1ccc2nc(-c3ccccc3)oc2c1. The van der Waals surface area contributed by atoms with Crippen LogP contribution in [-0.2, 0) is 0 Å². The molecule has 1 aromatic heterocycles. The summed E-state index contributed by atoms with van der Waals surface area (Å²) in [6.45, 7) is 1.88. The quantitative estimate of drug-likeness (QED) is 0.391. The van der Waals surface area contributed by atoms with Crippen molar-refractivity contribution in [3.63, 3.8) is 0 Å². The maximum atomic E-state index is 12.3. The highest BCUT2D eigenvalue weighted by Gasteiger charge is 2.13. The van der Waals surface area contributed by atoms with Gasteiger partial charge >= 0.3 is 5.97 Å². The number of aryl methyl sites for hydroxylation is 1. The van der Waals surface area contributed by atoms with Crippen LogP contribution in [0, 0.1) is 6.92 Å². The lowest BCUT2D eigenvalue weighted by molar-refractivity contribution is 0.0734. The van der Waals surface area contributed by atoms with Gasteiger partial charge in [-0.1, -0.05) is 36.4 Å². The van der Waals surface area contributed by atoms with E-state index in [1.807, 2.05) is 55.5 Å². The van der Waals surface area contributed by atoms with Crippen molar-refractivity contribution in [1.82, 2.24) is 4.98 Å². The van der Waals surface area contributed by atoms with Crippen molar-refractivity contribution < 1.29 is 13.9 Å². The van der Waals surface area contributed by atoms with E-state index in [1.165, 1.54) is 0 Å².